The lowest BCUT2D eigenvalue weighted by atomic mass is 9.74. The Hall–Kier alpha value is -3.77. The monoisotopic (exact) mass is 492 g/mol. The molecule has 2 amide bonds. The predicted octanol–water partition coefficient (Wildman–Crippen LogP) is 0.919. The zero-order chi connectivity index (χ0) is 25.7. The van der Waals surface area contributed by atoms with Crippen LogP contribution in [0.4, 0.5) is 0 Å². The molecule has 4 rings (SSSR count). The van der Waals surface area contributed by atoms with Crippen molar-refractivity contribution >= 4 is 35.4 Å². The van der Waals surface area contributed by atoms with Gasteiger partial charge in [0.25, 0.3) is 11.8 Å². The zero-order valence-corrected chi connectivity index (χ0v) is 20.2. The quantitative estimate of drug-likeness (QED) is 0.307. The van der Waals surface area contributed by atoms with Gasteiger partial charge < -0.3 is 25.5 Å². The van der Waals surface area contributed by atoms with E-state index in [1.807, 2.05) is 44.2 Å². The van der Waals surface area contributed by atoms with Crippen molar-refractivity contribution in [3.8, 4) is 0 Å². The Morgan fingerprint density at radius 2 is 2.00 bits per heavy atom. The zero-order valence-electron chi connectivity index (χ0n) is 20.2. The second kappa shape index (κ2) is 10.9. The molecule has 1 aliphatic heterocycles. The average Bonchev–Trinajstić information content (AvgIpc) is 3.52. The van der Waals surface area contributed by atoms with Gasteiger partial charge in [-0.3, -0.25) is 19.3 Å². The third-order valence-electron chi connectivity index (χ3n) is 5.97. The molecule has 0 aliphatic carbocycles. The van der Waals surface area contributed by atoms with Gasteiger partial charge in [0.15, 0.2) is 0 Å². The van der Waals surface area contributed by atoms with Crippen LogP contribution in [0.3, 0.4) is 0 Å². The molecular weight excluding hydrogens is 463 g/mol. The molecular formula is C24H29BN6O5. The summed E-state index contributed by atoms with van der Waals surface area (Å²) >= 11 is 0. The summed E-state index contributed by atoms with van der Waals surface area (Å²) in [6.07, 6.45) is 5.30. The molecule has 4 N–H and O–H groups in total. The van der Waals surface area contributed by atoms with Crippen LogP contribution >= 0.6 is 0 Å². The molecule has 0 radical (unpaired) electrons. The van der Waals surface area contributed by atoms with Crippen LogP contribution in [-0.4, -0.2) is 67.5 Å². The van der Waals surface area contributed by atoms with Gasteiger partial charge in [-0.15, -0.1) is 0 Å². The number of carbonyl (C=O) groups is 2. The highest BCUT2D eigenvalue weighted by molar-refractivity contribution is 6.43. The average molecular weight is 492 g/mol. The highest BCUT2D eigenvalue weighted by Crippen LogP contribution is 2.27. The highest BCUT2D eigenvalue weighted by atomic mass is 16.7. The molecule has 0 bridgehead atoms. The van der Waals surface area contributed by atoms with Crippen LogP contribution in [-0.2, 0) is 16.2 Å². The molecule has 2 atom stereocenters. The maximum Gasteiger partial charge on any atom is 0.475 e. The Bertz CT molecular complexity index is 1240. The van der Waals surface area contributed by atoms with Crippen molar-refractivity contribution in [3.63, 3.8) is 0 Å². The van der Waals surface area contributed by atoms with Gasteiger partial charge in [0.1, 0.15) is 5.69 Å². The van der Waals surface area contributed by atoms with Gasteiger partial charge in [0, 0.05) is 30.4 Å². The smallest absolute Gasteiger partial charge is 0.426 e. The first-order chi connectivity index (χ1) is 17.3. The van der Waals surface area contributed by atoms with E-state index in [1.165, 1.54) is 0 Å². The Labute approximate surface area is 208 Å². The van der Waals surface area contributed by atoms with Crippen molar-refractivity contribution in [3.05, 3.63) is 60.7 Å². The van der Waals surface area contributed by atoms with Crippen molar-refractivity contribution in [1.29, 1.82) is 0 Å². The summed E-state index contributed by atoms with van der Waals surface area (Å²) in [5, 5.41) is 34.9. The third kappa shape index (κ3) is 5.72. The number of fused-ring (bicyclic) bond motifs is 1. The summed E-state index contributed by atoms with van der Waals surface area (Å²) in [5.41, 5.74) is -0.717. The largest absolute Gasteiger partial charge is 0.475 e. The van der Waals surface area contributed by atoms with Gasteiger partial charge in [-0.25, -0.2) is 0 Å². The topological polar surface area (TPSA) is 151 Å². The van der Waals surface area contributed by atoms with E-state index < -0.39 is 24.6 Å². The van der Waals surface area contributed by atoms with Crippen LogP contribution in [0.5, 0.6) is 0 Å². The maximum absolute atomic E-state index is 13.4. The maximum atomic E-state index is 13.4. The van der Waals surface area contributed by atoms with Crippen LogP contribution in [0.15, 0.2) is 60.1 Å². The normalized spacial score (nSPS) is 18.0. The number of pyridine rings is 1. The molecule has 12 heteroatoms. The SMILES string of the molecule is CC(C)C[C@H](NC(=O)C1(Cn2cccn2)CC(CNC(=O)c2nccc3ccccc23)=NO1)B(O)O. The van der Waals surface area contributed by atoms with Crippen molar-refractivity contribution in [1.82, 2.24) is 25.4 Å². The number of hydrogen-bond donors (Lipinski definition) is 4. The molecule has 0 saturated carbocycles. The summed E-state index contributed by atoms with van der Waals surface area (Å²) in [4.78, 5) is 36.1. The van der Waals surface area contributed by atoms with Crippen LogP contribution in [0, 0.1) is 5.92 Å². The van der Waals surface area contributed by atoms with Gasteiger partial charge in [-0.1, -0.05) is 43.3 Å². The van der Waals surface area contributed by atoms with E-state index in [4.69, 9.17) is 4.84 Å². The Kier molecular flexibility index (Phi) is 7.65. The molecule has 3 heterocycles. The van der Waals surface area contributed by atoms with Gasteiger partial charge >= 0.3 is 7.12 Å². The highest BCUT2D eigenvalue weighted by Gasteiger charge is 2.48. The minimum atomic E-state index is -1.73. The fourth-order valence-corrected chi connectivity index (χ4v) is 4.20. The van der Waals surface area contributed by atoms with E-state index >= 15 is 0 Å². The van der Waals surface area contributed by atoms with Crippen LogP contribution in [0.2, 0.25) is 0 Å². The van der Waals surface area contributed by atoms with Crippen LogP contribution < -0.4 is 10.6 Å². The van der Waals surface area contributed by atoms with E-state index in [1.54, 1.807) is 29.3 Å². The number of carbonyl (C=O) groups excluding carboxylic acids is 2. The van der Waals surface area contributed by atoms with Crippen molar-refractivity contribution in [2.45, 2.75) is 44.8 Å². The van der Waals surface area contributed by atoms with E-state index in [2.05, 4.69) is 25.9 Å². The minimum absolute atomic E-state index is 0.0492. The standard InChI is InChI=1S/C24H29BN6O5/c1-16(2)12-20(25(34)35)29-23(33)24(15-31-11-5-9-28-31)13-18(30-36-24)14-27-22(32)21-19-7-4-3-6-17(19)8-10-26-21/h3-11,16,20,34-35H,12-15H2,1-2H3,(H,27,32)(H,29,33)/t20-,24?/m0/s1. The Morgan fingerprint density at radius 3 is 2.72 bits per heavy atom. The summed E-state index contributed by atoms with van der Waals surface area (Å²) < 4.78 is 1.55. The van der Waals surface area contributed by atoms with Gasteiger partial charge in [0.2, 0.25) is 5.60 Å². The summed E-state index contributed by atoms with van der Waals surface area (Å²) in [7, 11) is -1.73. The summed E-state index contributed by atoms with van der Waals surface area (Å²) in [6.45, 7) is 3.94. The van der Waals surface area contributed by atoms with Crippen molar-refractivity contribution in [2.24, 2.45) is 11.1 Å². The van der Waals surface area contributed by atoms with E-state index in [0.717, 1.165) is 10.8 Å². The number of oxime groups is 1. The molecule has 0 fully saturated rings. The van der Waals surface area contributed by atoms with Crippen molar-refractivity contribution < 1.29 is 24.5 Å². The molecule has 0 spiro atoms. The minimum Gasteiger partial charge on any atom is -0.426 e. The second-order valence-electron chi connectivity index (χ2n) is 9.31. The molecule has 2 aromatic heterocycles. The number of nitrogens with one attached hydrogen (secondary N) is 2. The molecule has 3 aromatic rings. The number of rotatable bonds is 10. The first-order valence-corrected chi connectivity index (χ1v) is 11.8. The fourth-order valence-electron chi connectivity index (χ4n) is 4.20. The van der Waals surface area contributed by atoms with Gasteiger partial charge in [-0.2, -0.15) is 5.10 Å². The molecule has 0 saturated heterocycles. The molecule has 1 aliphatic rings. The first-order valence-electron chi connectivity index (χ1n) is 11.8. The number of hydrogen-bond acceptors (Lipinski definition) is 8. The third-order valence-corrected chi connectivity index (χ3v) is 5.97. The number of nitrogens with zero attached hydrogens (tertiary/aromatic N) is 4. The number of amides is 2. The molecule has 188 valence electrons. The fraction of sp³-hybridized carbons (Fsp3) is 0.375. The molecule has 36 heavy (non-hydrogen) atoms. The van der Waals surface area contributed by atoms with Gasteiger partial charge in [-0.05, 0) is 29.9 Å². The molecule has 1 aromatic carbocycles. The second-order valence-corrected chi connectivity index (χ2v) is 9.31. The van der Waals surface area contributed by atoms with Crippen LogP contribution in [0.1, 0.15) is 37.2 Å². The predicted molar refractivity (Wildman–Crippen MR) is 134 cm³/mol. The summed E-state index contributed by atoms with van der Waals surface area (Å²) in [6, 6.07) is 11.0. The lowest BCUT2D eigenvalue weighted by molar-refractivity contribution is -0.146. The van der Waals surface area contributed by atoms with E-state index in [-0.39, 0.29) is 31.3 Å². The summed E-state index contributed by atoms with van der Waals surface area (Å²) in [5.74, 6) is -1.67. The lowest BCUT2D eigenvalue weighted by Gasteiger charge is -2.28. The molecule has 11 nitrogen and oxygen atoms in total. The number of aromatic nitrogens is 3. The first kappa shape index (κ1) is 25.3. The lowest BCUT2D eigenvalue weighted by Crippen LogP contribution is -2.57. The number of benzene rings is 1. The van der Waals surface area contributed by atoms with E-state index in [9.17, 15) is 19.6 Å². The van der Waals surface area contributed by atoms with E-state index in [0.29, 0.717) is 17.8 Å². The van der Waals surface area contributed by atoms with Gasteiger partial charge in [0.05, 0.1) is 24.7 Å². The van der Waals surface area contributed by atoms with Crippen LogP contribution in [0.25, 0.3) is 10.8 Å². The Balaban J connectivity index is 1.47. The Morgan fingerprint density at radius 1 is 1.19 bits per heavy atom. The molecule has 1 unspecified atom stereocenters. The van der Waals surface area contributed by atoms with Crippen molar-refractivity contribution in [2.75, 3.05) is 6.54 Å².